The van der Waals surface area contributed by atoms with Crippen LogP contribution in [0.2, 0.25) is 5.02 Å². The molecule has 0 radical (unpaired) electrons. The Labute approximate surface area is 204 Å². The van der Waals surface area contributed by atoms with Crippen molar-refractivity contribution in [2.75, 3.05) is 26.7 Å². The number of carbonyl (C=O) groups is 2. The summed E-state index contributed by atoms with van der Waals surface area (Å²) in [5.41, 5.74) is 1.19. The van der Waals surface area contributed by atoms with Gasteiger partial charge in [-0.1, -0.05) is 11.6 Å². The van der Waals surface area contributed by atoms with E-state index in [2.05, 4.69) is 5.10 Å². The number of alkyl halides is 3. The van der Waals surface area contributed by atoms with E-state index >= 15 is 0 Å². The van der Waals surface area contributed by atoms with Gasteiger partial charge >= 0.3 is 6.18 Å². The molecule has 0 atom stereocenters. The van der Waals surface area contributed by atoms with Gasteiger partial charge in [0.05, 0.1) is 23.6 Å². The minimum absolute atomic E-state index is 0.0119. The fourth-order valence-electron chi connectivity index (χ4n) is 4.24. The summed E-state index contributed by atoms with van der Waals surface area (Å²) in [6, 6.07) is 9.83. The van der Waals surface area contributed by atoms with Crippen LogP contribution in [0.5, 0.6) is 5.75 Å². The first-order valence-electron chi connectivity index (χ1n) is 11.1. The SMILES string of the molecule is COc1c(C(=O)NCC(F)(F)F)ccc2nn(CC3CCN(C(=O)c4ccc(Cl)cc4)CC3)cc12. The van der Waals surface area contributed by atoms with Gasteiger partial charge in [0, 0.05) is 36.4 Å². The van der Waals surface area contributed by atoms with Crippen LogP contribution in [0.1, 0.15) is 33.6 Å². The Kier molecular flexibility index (Phi) is 7.20. The zero-order valence-corrected chi connectivity index (χ0v) is 19.7. The number of methoxy groups -OCH3 is 1. The molecule has 0 saturated carbocycles. The second-order valence-corrected chi connectivity index (χ2v) is 8.91. The third-order valence-corrected chi connectivity index (χ3v) is 6.28. The van der Waals surface area contributed by atoms with Crippen molar-refractivity contribution in [3.63, 3.8) is 0 Å². The average molecular weight is 509 g/mol. The van der Waals surface area contributed by atoms with Crippen LogP contribution in [0.3, 0.4) is 0 Å². The molecule has 11 heteroatoms. The number of hydrogen-bond acceptors (Lipinski definition) is 4. The van der Waals surface area contributed by atoms with Gasteiger partial charge in [-0.25, -0.2) is 0 Å². The molecular formula is C24H24ClF3N4O3. The summed E-state index contributed by atoms with van der Waals surface area (Å²) in [4.78, 5) is 26.8. The van der Waals surface area contributed by atoms with Crippen LogP contribution in [0.15, 0.2) is 42.6 Å². The van der Waals surface area contributed by atoms with Crippen LogP contribution < -0.4 is 10.1 Å². The Morgan fingerprint density at radius 1 is 1.14 bits per heavy atom. The molecule has 0 unspecified atom stereocenters. The number of amides is 2. The van der Waals surface area contributed by atoms with Gasteiger partial charge in [-0.3, -0.25) is 14.3 Å². The molecule has 0 bridgehead atoms. The van der Waals surface area contributed by atoms with Crippen molar-refractivity contribution in [1.29, 1.82) is 0 Å². The van der Waals surface area contributed by atoms with Crippen LogP contribution in [0, 0.1) is 5.92 Å². The Morgan fingerprint density at radius 3 is 2.46 bits per heavy atom. The lowest BCUT2D eigenvalue weighted by atomic mass is 9.96. The minimum atomic E-state index is -4.51. The number of benzene rings is 2. The summed E-state index contributed by atoms with van der Waals surface area (Å²) in [7, 11) is 1.36. The van der Waals surface area contributed by atoms with Crippen molar-refractivity contribution in [2.45, 2.75) is 25.6 Å². The van der Waals surface area contributed by atoms with Crippen LogP contribution >= 0.6 is 11.6 Å². The normalized spacial score (nSPS) is 14.8. The quantitative estimate of drug-likeness (QED) is 0.530. The standard InChI is InChI=1S/C24H24ClF3N4O3/c1-35-21-18(22(33)29-14-24(26,27)28)6-7-20-19(21)13-32(30-20)12-15-8-10-31(11-9-15)23(34)16-2-4-17(25)5-3-16/h2-7,13,15H,8-12,14H2,1H3,(H,29,33). The molecule has 186 valence electrons. The number of likely N-dealkylation sites (tertiary alicyclic amines) is 1. The van der Waals surface area contributed by atoms with E-state index in [9.17, 15) is 22.8 Å². The minimum Gasteiger partial charge on any atom is -0.495 e. The van der Waals surface area contributed by atoms with E-state index < -0.39 is 18.6 Å². The lowest BCUT2D eigenvalue weighted by molar-refractivity contribution is -0.123. The first-order chi connectivity index (χ1) is 16.6. The van der Waals surface area contributed by atoms with Gasteiger partial charge in [-0.2, -0.15) is 18.3 Å². The molecule has 0 spiro atoms. The number of piperidine rings is 1. The number of nitrogens with zero attached hydrogens (tertiary/aromatic N) is 3. The number of aromatic nitrogens is 2. The Balaban J connectivity index is 1.41. The predicted molar refractivity (Wildman–Crippen MR) is 125 cm³/mol. The highest BCUT2D eigenvalue weighted by atomic mass is 35.5. The molecule has 2 heterocycles. The van der Waals surface area contributed by atoms with Crippen molar-refractivity contribution >= 4 is 34.3 Å². The first kappa shape index (κ1) is 24.8. The highest BCUT2D eigenvalue weighted by Gasteiger charge is 2.29. The van der Waals surface area contributed by atoms with Crippen LogP contribution in [0.4, 0.5) is 13.2 Å². The molecule has 35 heavy (non-hydrogen) atoms. The number of ether oxygens (including phenoxy) is 1. The summed E-state index contributed by atoms with van der Waals surface area (Å²) >= 11 is 5.90. The van der Waals surface area contributed by atoms with Crippen molar-refractivity contribution in [3.8, 4) is 5.75 Å². The van der Waals surface area contributed by atoms with E-state index in [4.69, 9.17) is 16.3 Å². The molecule has 1 fully saturated rings. The van der Waals surface area contributed by atoms with Crippen molar-refractivity contribution in [3.05, 3.63) is 58.7 Å². The monoisotopic (exact) mass is 508 g/mol. The Bertz CT molecular complexity index is 1220. The average Bonchev–Trinajstić information content (AvgIpc) is 3.24. The maximum atomic E-state index is 12.7. The summed E-state index contributed by atoms with van der Waals surface area (Å²) in [6.07, 6.45) is -1.16. The molecule has 2 amide bonds. The molecule has 2 aromatic carbocycles. The Hall–Kier alpha value is -3.27. The second kappa shape index (κ2) is 10.2. The third-order valence-electron chi connectivity index (χ3n) is 6.02. The molecule has 1 aliphatic rings. The first-order valence-corrected chi connectivity index (χ1v) is 11.5. The van der Waals surface area contributed by atoms with E-state index in [-0.39, 0.29) is 17.2 Å². The van der Waals surface area contributed by atoms with Gasteiger partial charge in [0.25, 0.3) is 11.8 Å². The molecule has 0 aliphatic carbocycles. The van der Waals surface area contributed by atoms with Crippen LogP contribution in [0.25, 0.3) is 10.9 Å². The maximum Gasteiger partial charge on any atom is 0.405 e. The zero-order chi connectivity index (χ0) is 25.2. The van der Waals surface area contributed by atoms with E-state index in [0.717, 1.165) is 12.8 Å². The molecule has 1 saturated heterocycles. The smallest absolute Gasteiger partial charge is 0.405 e. The zero-order valence-electron chi connectivity index (χ0n) is 18.9. The van der Waals surface area contributed by atoms with Crippen molar-refractivity contribution in [1.82, 2.24) is 20.0 Å². The summed E-state index contributed by atoms with van der Waals surface area (Å²) in [5, 5.41) is 7.54. The lowest BCUT2D eigenvalue weighted by Crippen LogP contribution is -2.39. The van der Waals surface area contributed by atoms with Gasteiger partial charge in [0.1, 0.15) is 12.3 Å². The number of halogens is 4. The maximum absolute atomic E-state index is 12.7. The van der Waals surface area contributed by atoms with E-state index in [1.807, 2.05) is 10.2 Å². The summed E-state index contributed by atoms with van der Waals surface area (Å²) in [5.74, 6) is -0.423. The second-order valence-electron chi connectivity index (χ2n) is 8.47. The number of nitrogens with one attached hydrogen (secondary N) is 1. The fourth-order valence-corrected chi connectivity index (χ4v) is 4.37. The molecule has 7 nitrogen and oxygen atoms in total. The summed E-state index contributed by atoms with van der Waals surface area (Å²) < 4.78 is 44.5. The van der Waals surface area contributed by atoms with Gasteiger partial charge in [0.15, 0.2) is 0 Å². The van der Waals surface area contributed by atoms with Crippen molar-refractivity contribution < 1.29 is 27.5 Å². The molecular weight excluding hydrogens is 485 g/mol. The topological polar surface area (TPSA) is 76.5 Å². The number of rotatable bonds is 6. The van der Waals surface area contributed by atoms with Gasteiger partial charge < -0.3 is 15.0 Å². The van der Waals surface area contributed by atoms with Gasteiger partial charge in [-0.05, 0) is 55.2 Å². The largest absolute Gasteiger partial charge is 0.495 e. The fraction of sp³-hybridized carbons (Fsp3) is 0.375. The van der Waals surface area contributed by atoms with E-state index in [1.54, 1.807) is 41.2 Å². The number of fused-ring (bicyclic) bond motifs is 1. The van der Waals surface area contributed by atoms with Gasteiger partial charge in [-0.15, -0.1) is 0 Å². The molecule has 1 aromatic heterocycles. The van der Waals surface area contributed by atoms with Crippen LogP contribution in [-0.2, 0) is 6.54 Å². The molecule has 3 aromatic rings. The van der Waals surface area contributed by atoms with Crippen molar-refractivity contribution in [2.24, 2.45) is 5.92 Å². The molecule has 1 aliphatic heterocycles. The van der Waals surface area contributed by atoms with E-state index in [1.165, 1.54) is 13.2 Å². The number of carbonyl (C=O) groups excluding carboxylic acids is 2. The van der Waals surface area contributed by atoms with E-state index in [0.29, 0.717) is 47.0 Å². The lowest BCUT2D eigenvalue weighted by Gasteiger charge is -2.32. The van der Waals surface area contributed by atoms with Gasteiger partial charge in [0.2, 0.25) is 0 Å². The predicted octanol–water partition coefficient (Wildman–Crippen LogP) is 4.54. The molecule has 4 rings (SSSR count). The third kappa shape index (κ3) is 5.87. The molecule has 1 N–H and O–H groups in total. The highest BCUT2D eigenvalue weighted by Crippen LogP contribution is 2.30. The summed E-state index contributed by atoms with van der Waals surface area (Å²) in [6.45, 7) is 0.432. The Morgan fingerprint density at radius 2 is 1.83 bits per heavy atom. The highest BCUT2D eigenvalue weighted by molar-refractivity contribution is 6.30. The van der Waals surface area contributed by atoms with Crippen LogP contribution in [-0.4, -0.2) is 59.4 Å². The number of hydrogen-bond donors (Lipinski definition) is 1.